The highest BCUT2D eigenvalue weighted by atomic mass is 16.2. The molecule has 0 spiro atoms. The molecule has 0 saturated carbocycles. The zero-order chi connectivity index (χ0) is 15.1. The van der Waals surface area contributed by atoms with Gasteiger partial charge in [-0.1, -0.05) is 24.3 Å². The van der Waals surface area contributed by atoms with Crippen LogP contribution in [-0.2, 0) is 22.4 Å². The van der Waals surface area contributed by atoms with Gasteiger partial charge in [-0.15, -0.1) is 0 Å². The van der Waals surface area contributed by atoms with Gasteiger partial charge in [0.1, 0.15) is 0 Å². The number of nitrogens with one attached hydrogen (secondary N) is 4. The van der Waals surface area contributed by atoms with Gasteiger partial charge in [0.15, 0.2) is 0 Å². The third kappa shape index (κ3) is 5.43. The molecule has 0 bridgehead atoms. The number of carbonyl (C=O) groups excluding carboxylic acids is 2. The van der Waals surface area contributed by atoms with Gasteiger partial charge in [-0.2, -0.15) is 0 Å². The zero-order valence-electron chi connectivity index (χ0n) is 11.5. The average Bonchev–Trinajstić information content (AvgIpc) is 2.29. The number of amidine groups is 2. The van der Waals surface area contributed by atoms with E-state index in [0.717, 1.165) is 11.1 Å². The maximum atomic E-state index is 11.7. The van der Waals surface area contributed by atoms with E-state index >= 15 is 0 Å². The van der Waals surface area contributed by atoms with E-state index in [1.807, 2.05) is 0 Å². The Kier molecular flexibility index (Phi) is 5.58. The van der Waals surface area contributed by atoms with Crippen LogP contribution in [0.25, 0.3) is 0 Å². The number of amides is 2. The van der Waals surface area contributed by atoms with Gasteiger partial charge < -0.3 is 10.6 Å². The van der Waals surface area contributed by atoms with Crippen LogP contribution in [0.15, 0.2) is 24.3 Å². The largest absolute Gasteiger partial charge is 0.315 e. The molecule has 6 nitrogen and oxygen atoms in total. The van der Waals surface area contributed by atoms with Crippen LogP contribution >= 0.6 is 0 Å². The van der Waals surface area contributed by atoms with Gasteiger partial charge in [-0.3, -0.25) is 20.4 Å². The van der Waals surface area contributed by atoms with E-state index < -0.39 is 0 Å². The van der Waals surface area contributed by atoms with Crippen molar-refractivity contribution >= 4 is 23.5 Å². The minimum absolute atomic E-state index is 0.0876. The maximum Gasteiger partial charge on any atom is 0.229 e. The first-order valence-corrected chi connectivity index (χ1v) is 6.15. The molecule has 106 valence electrons. The molecule has 4 N–H and O–H groups in total. The lowest BCUT2D eigenvalue weighted by molar-refractivity contribution is -0.120. The Hall–Kier alpha value is -2.50. The summed E-state index contributed by atoms with van der Waals surface area (Å²) in [5.41, 5.74) is 1.48. The van der Waals surface area contributed by atoms with Crippen LogP contribution in [0.2, 0.25) is 0 Å². The van der Waals surface area contributed by atoms with E-state index in [-0.39, 0.29) is 36.3 Å². The van der Waals surface area contributed by atoms with Crippen molar-refractivity contribution in [3.05, 3.63) is 35.4 Å². The first-order chi connectivity index (χ1) is 9.38. The maximum absolute atomic E-state index is 11.7. The van der Waals surface area contributed by atoms with E-state index in [4.69, 9.17) is 10.8 Å². The average molecular weight is 274 g/mol. The Morgan fingerprint density at radius 2 is 1.25 bits per heavy atom. The Balaban J connectivity index is 2.77. The SMILES string of the molecule is CC(=N)NC(=O)Cc1ccccc1CC(=O)NC(C)=N. The Labute approximate surface area is 117 Å². The third-order valence-electron chi connectivity index (χ3n) is 2.47. The van der Waals surface area contributed by atoms with E-state index in [1.54, 1.807) is 24.3 Å². The molecule has 0 fully saturated rings. The summed E-state index contributed by atoms with van der Waals surface area (Å²) >= 11 is 0. The van der Waals surface area contributed by atoms with Crippen LogP contribution in [0.4, 0.5) is 0 Å². The molecule has 6 heteroatoms. The molecule has 0 aliphatic heterocycles. The number of hydrogen-bond acceptors (Lipinski definition) is 4. The Morgan fingerprint density at radius 3 is 1.55 bits per heavy atom. The van der Waals surface area contributed by atoms with Crippen molar-refractivity contribution in [2.75, 3.05) is 0 Å². The summed E-state index contributed by atoms with van der Waals surface area (Å²) in [6.45, 7) is 2.98. The quantitative estimate of drug-likeness (QED) is 0.485. The smallest absolute Gasteiger partial charge is 0.229 e. The number of benzene rings is 1. The van der Waals surface area contributed by atoms with Crippen molar-refractivity contribution in [2.45, 2.75) is 26.7 Å². The van der Waals surface area contributed by atoms with Crippen LogP contribution in [0, 0.1) is 10.8 Å². The van der Waals surface area contributed by atoms with Crippen molar-refractivity contribution in [1.29, 1.82) is 10.8 Å². The molecule has 1 rings (SSSR count). The summed E-state index contributed by atoms with van der Waals surface area (Å²) < 4.78 is 0. The van der Waals surface area contributed by atoms with Crippen LogP contribution in [0.1, 0.15) is 25.0 Å². The van der Waals surface area contributed by atoms with Gasteiger partial charge in [-0.25, -0.2) is 0 Å². The fraction of sp³-hybridized carbons (Fsp3) is 0.286. The first-order valence-electron chi connectivity index (χ1n) is 6.15. The standard InChI is InChI=1S/C14H18N4O2/c1-9(15)17-13(19)7-11-5-3-4-6-12(11)8-14(20)18-10(2)16/h3-6H,7-8H2,1-2H3,(H2,15,17,19)(H2,16,18,20). The van der Waals surface area contributed by atoms with Crippen LogP contribution < -0.4 is 10.6 Å². The van der Waals surface area contributed by atoms with Crippen molar-refractivity contribution in [3.63, 3.8) is 0 Å². The van der Waals surface area contributed by atoms with E-state index in [2.05, 4.69) is 10.6 Å². The lowest BCUT2D eigenvalue weighted by Gasteiger charge is -2.09. The van der Waals surface area contributed by atoms with Crippen molar-refractivity contribution in [2.24, 2.45) is 0 Å². The molecule has 1 aromatic carbocycles. The molecule has 0 aliphatic rings. The number of hydrogen-bond donors (Lipinski definition) is 4. The third-order valence-corrected chi connectivity index (χ3v) is 2.47. The number of rotatable bonds is 4. The topological polar surface area (TPSA) is 106 Å². The number of carbonyl (C=O) groups is 2. The molecule has 0 heterocycles. The van der Waals surface area contributed by atoms with Gasteiger partial charge in [0.2, 0.25) is 11.8 Å². The lowest BCUT2D eigenvalue weighted by atomic mass is 10.0. The first kappa shape index (κ1) is 15.6. The van der Waals surface area contributed by atoms with Crippen LogP contribution in [0.3, 0.4) is 0 Å². The highest BCUT2D eigenvalue weighted by molar-refractivity contribution is 5.97. The molecule has 0 unspecified atom stereocenters. The predicted octanol–water partition coefficient (Wildman–Crippen LogP) is 0.998. The highest BCUT2D eigenvalue weighted by Gasteiger charge is 2.11. The second kappa shape index (κ2) is 7.18. The molecular formula is C14H18N4O2. The molecule has 2 amide bonds. The minimum Gasteiger partial charge on any atom is -0.315 e. The van der Waals surface area contributed by atoms with E-state index in [9.17, 15) is 9.59 Å². The summed E-state index contributed by atoms with van der Waals surface area (Å²) in [5, 5.41) is 19.3. The molecule has 0 atom stereocenters. The fourth-order valence-corrected chi connectivity index (χ4v) is 1.76. The zero-order valence-corrected chi connectivity index (χ0v) is 11.5. The second-order valence-electron chi connectivity index (χ2n) is 4.47. The predicted molar refractivity (Wildman–Crippen MR) is 76.9 cm³/mol. The highest BCUT2D eigenvalue weighted by Crippen LogP contribution is 2.10. The second-order valence-corrected chi connectivity index (χ2v) is 4.47. The minimum atomic E-state index is -0.284. The molecule has 0 saturated heterocycles. The van der Waals surface area contributed by atoms with E-state index in [0.29, 0.717) is 0 Å². The summed E-state index contributed by atoms with van der Waals surface area (Å²) in [4.78, 5) is 23.3. The molecule has 20 heavy (non-hydrogen) atoms. The van der Waals surface area contributed by atoms with E-state index in [1.165, 1.54) is 13.8 Å². The molecule has 0 aromatic heterocycles. The van der Waals surface area contributed by atoms with Gasteiger partial charge in [0, 0.05) is 0 Å². The summed E-state index contributed by atoms with van der Waals surface area (Å²) in [7, 11) is 0. The summed E-state index contributed by atoms with van der Waals surface area (Å²) in [5.74, 6) is -0.392. The monoisotopic (exact) mass is 274 g/mol. The van der Waals surface area contributed by atoms with Gasteiger partial charge in [-0.05, 0) is 25.0 Å². The molecular weight excluding hydrogens is 256 g/mol. The van der Waals surface area contributed by atoms with Gasteiger partial charge in [0.05, 0.1) is 24.5 Å². The summed E-state index contributed by atoms with van der Waals surface area (Å²) in [6.07, 6.45) is 0.229. The Bertz CT molecular complexity index is 503. The van der Waals surface area contributed by atoms with Gasteiger partial charge in [0.25, 0.3) is 0 Å². The van der Waals surface area contributed by atoms with Gasteiger partial charge >= 0.3 is 0 Å². The lowest BCUT2D eigenvalue weighted by Crippen LogP contribution is -2.31. The van der Waals surface area contributed by atoms with Crippen molar-refractivity contribution in [1.82, 2.24) is 10.6 Å². The van der Waals surface area contributed by atoms with Crippen molar-refractivity contribution in [3.8, 4) is 0 Å². The van der Waals surface area contributed by atoms with Crippen LogP contribution in [-0.4, -0.2) is 23.5 Å². The Morgan fingerprint density at radius 1 is 0.900 bits per heavy atom. The molecule has 1 aromatic rings. The normalized spacial score (nSPS) is 9.70. The molecule has 0 radical (unpaired) electrons. The van der Waals surface area contributed by atoms with Crippen LogP contribution in [0.5, 0.6) is 0 Å². The fourth-order valence-electron chi connectivity index (χ4n) is 1.76. The summed E-state index contributed by atoms with van der Waals surface area (Å²) in [6, 6.07) is 7.14. The molecule has 0 aliphatic carbocycles. The van der Waals surface area contributed by atoms with Crippen molar-refractivity contribution < 1.29 is 9.59 Å².